The lowest BCUT2D eigenvalue weighted by molar-refractivity contribution is 0.281. The van der Waals surface area contributed by atoms with Gasteiger partial charge in [0, 0.05) is 36.5 Å². The van der Waals surface area contributed by atoms with Gasteiger partial charge in [-0.2, -0.15) is 0 Å². The molecule has 1 aliphatic rings. The Balaban J connectivity index is 1.77. The van der Waals surface area contributed by atoms with E-state index in [9.17, 15) is 4.79 Å². The van der Waals surface area contributed by atoms with E-state index in [2.05, 4.69) is 32.4 Å². The van der Waals surface area contributed by atoms with E-state index in [4.69, 9.17) is 0 Å². The Hall–Kier alpha value is -1.46. The van der Waals surface area contributed by atoms with E-state index in [1.54, 1.807) is 11.3 Å². The zero-order valence-electron chi connectivity index (χ0n) is 11.0. The number of rotatable bonds is 2. The largest absolute Gasteiger partial charge is 0.311 e. The molecule has 2 aromatic heterocycles. The molecule has 0 bridgehead atoms. The van der Waals surface area contributed by atoms with Crippen molar-refractivity contribution < 1.29 is 0 Å². The molecule has 0 unspecified atom stereocenters. The van der Waals surface area contributed by atoms with Gasteiger partial charge < -0.3 is 4.98 Å². The third-order valence-electron chi connectivity index (χ3n) is 3.52. The maximum absolute atomic E-state index is 11.9. The zero-order chi connectivity index (χ0) is 13.2. The van der Waals surface area contributed by atoms with Crippen molar-refractivity contribution in [1.29, 1.82) is 0 Å². The van der Waals surface area contributed by atoms with E-state index in [1.165, 1.54) is 4.88 Å². The minimum atomic E-state index is 0.0421. The molecule has 3 heterocycles. The number of aryl methyl sites for hydroxylation is 1. The van der Waals surface area contributed by atoms with Gasteiger partial charge in [0.2, 0.25) is 0 Å². The lowest BCUT2D eigenvalue weighted by Crippen LogP contribution is -2.25. The molecule has 0 fully saturated rings. The van der Waals surface area contributed by atoms with Gasteiger partial charge in [0.1, 0.15) is 5.82 Å². The van der Waals surface area contributed by atoms with E-state index in [0.717, 1.165) is 49.6 Å². The van der Waals surface area contributed by atoms with Crippen molar-refractivity contribution in [3.8, 4) is 0 Å². The summed E-state index contributed by atoms with van der Waals surface area (Å²) < 4.78 is 0. The number of nitrogens with one attached hydrogen (secondary N) is 1. The number of H-pyrrole nitrogens is 1. The van der Waals surface area contributed by atoms with Crippen LogP contribution in [0.5, 0.6) is 0 Å². The second-order valence-corrected chi connectivity index (χ2v) is 5.96. The average Bonchev–Trinajstić information content (AvgIpc) is 2.78. The molecule has 3 rings (SSSR count). The predicted octanol–water partition coefficient (Wildman–Crippen LogP) is 1.74. The Morgan fingerprint density at radius 2 is 2.26 bits per heavy atom. The first-order chi connectivity index (χ1) is 9.22. The monoisotopic (exact) mass is 275 g/mol. The summed E-state index contributed by atoms with van der Waals surface area (Å²) in [5.74, 6) is 0.718. The van der Waals surface area contributed by atoms with Crippen LogP contribution in [0.4, 0.5) is 0 Å². The molecule has 5 heteroatoms. The summed E-state index contributed by atoms with van der Waals surface area (Å²) in [6.07, 6.45) is 1.66. The first-order valence-corrected chi connectivity index (χ1v) is 7.44. The van der Waals surface area contributed by atoms with Crippen molar-refractivity contribution in [3.63, 3.8) is 0 Å². The van der Waals surface area contributed by atoms with Crippen LogP contribution in [0.15, 0.2) is 22.3 Å². The van der Waals surface area contributed by atoms with Gasteiger partial charge in [-0.1, -0.05) is 6.07 Å². The van der Waals surface area contributed by atoms with Crippen molar-refractivity contribution in [3.05, 3.63) is 49.8 Å². The van der Waals surface area contributed by atoms with Crippen LogP contribution in [0, 0.1) is 6.92 Å². The third-order valence-corrected chi connectivity index (χ3v) is 4.38. The summed E-state index contributed by atoms with van der Waals surface area (Å²) in [6, 6.07) is 4.25. The summed E-state index contributed by atoms with van der Waals surface area (Å²) in [7, 11) is 0. The van der Waals surface area contributed by atoms with Crippen molar-refractivity contribution in [2.75, 3.05) is 13.1 Å². The van der Waals surface area contributed by atoms with Crippen molar-refractivity contribution in [2.24, 2.45) is 0 Å². The highest BCUT2D eigenvalue weighted by Gasteiger charge is 2.18. The van der Waals surface area contributed by atoms with Gasteiger partial charge in [0.05, 0.1) is 5.69 Å². The molecule has 0 saturated heterocycles. The smallest absolute Gasteiger partial charge is 0.254 e. The highest BCUT2D eigenvalue weighted by atomic mass is 32.1. The van der Waals surface area contributed by atoms with Crippen LogP contribution in [0.2, 0.25) is 0 Å². The first-order valence-electron chi connectivity index (χ1n) is 6.56. The molecule has 0 spiro atoms. The molecular weight excluding hydrogens is 258 g/mol. The normalized spacial score (nSPS) is 16.1. The standard InChI is InChI=1S/C14H17N3OS/c1-10-15-13-5-7-17(9-11-3-2-8-19-11)6-4-12(13)14(18)16-10/h2-3,8H,4-7,9H2,1H3,(H,15,16,18). The molecule has 0 radical (unpaired) electrons. The summed E-state index contributed by atoms with van der Waals surface area (Å²) in [6.45, 7) is 4.72. The Morgan fingerprint density at radius 1 is 1.42 bits per heavy atom. The highest BCUT2D eigenvalue weighted by molar-refractivity contribution is 7.09. The van der Waals surface area contributed by atoms with Gasteiger partial charge in [-0.3, -0.25) is 9.69 Å². The zero-order valence-corrected chi connectivity index (χ0v) is 11.8. The number of thiophene rings is 1. The van der Waals surface area contributed by atoms with Crippen LogP contribution in [0.1, 0.15) is 22.0 Å². The molecule has 2 aromatic rings. The molecule has 0 saturated carbocycles. The van der Waals surface area contributed by atoms with Crippen LogP contribution in [-0.2, 0) is 19.4 Å². The van der Waals surface area contributed by atoms with E-state index < -0.39 is 0 Å². The molecule has 19 heavy (non-hydrogen) atoms. The second kappa shape index (κ2) is 5.27. The van der Waals surface area contributed by atoms with E-state index in [0.29, 0.717) is 0 Å². The fourth-order valence-corrected chi connectivity index (χ4v) is 3.31. The van der Waals surface area contributed by atoms with Crippen LogP contribution < -0.4 is 5.56 Å². The number of hydrogen-bond donors (Lipinski definition) is 1. The van der Waals surface area contributed by atoms with Crippen LogP contribution in [0.25, 0.3) is 0 Å². The first kappa shape index (κ1) is 12.6. The van der Waals surface area contributed by atoms with Crippen LogP contribution in [-0.4, -0.2) is 28.0 Å². The van der Waals surface area contributed by atoms with Gasteiger partial charge >= 0.3 is 0 Å². The number of aromatic amines is 1. The number of fused-ring (bicyclic) bond motifs is 1. The molecule has 1 aliphatic heterocycles. The second-order valence-electron chi connectivity index (χ2n) is 4.93. The average molecular weight is 275 g/mol. The van der Waals surface area contributed by atoms with E-state index in [1.807, 2.05) is 6.92 Å². The van der Waals surface area contributed by atoms with Crippen molar-refractivity contribution in [1.82, 2.24) is 14.9 Å². The molecule has 1 N–H and O–H groups in total. The molecule has 0 aromatic carbocycles. The quantitative estimate of drug-likeness (QED) is 0.908. The number of aromatic nitrogens is 2. The van der Waals surface area contributed by atoms with E-state index >= 15 is 0 Å². The SMILES string of the molecule is Cc1nc2c(c(=O)[nH]1)CCN(Cc1cccs1)CC2. The molecule has 0 aliphatic carbocycles. The van der Waals surface area contributed by atoms with Gasteiger partial charge in [-0.25, -0.2) is 4.98 Å². The fourth-order valence-electron chi connectivity index (χ4n) is 2.56. The summed E-state index contributed by atoms with van der Waals surface area (Å²) >= 11 is 1.79. The van der Waals surface area contributed by atoms with Gasteiger partial charge in [0.25, 0.3) is 5.56 Å². The lowest BCUT2D eigenvalue weighted by Gasteiger charge is -2.18. The van der Waals surface area contributed by atoms with E-state index in [-0.39, 0.29) is 5.56 Å². The highest BCUT2D eigenvalue weighted by Crippen LogP contribution is 2.15. The Bertz CT molecular complexity index is 618. The Morgan fingerprint density at radius 3 is 3.05 bits per heavy atom. The summed E-state index contributed by atoms with van der Waals surface area (Å²) in [5, 5.41) is 2.11. The van der Waals surface area contributed by atoms with Gasteiger partial charge in [0.15, 0.2) is 0 Å². The van der Waals surface area contributed by atoms with Crippen LogP contribution >= 0.6 is 11.3 Å². The number of hydrogen-bond acceptors (Lipinski definition) is 4. The molecule has 0 amide bonds. The third kappa shape index (κ3) is 2.77. The van der Waals surface area contributed by atoms with Crippen LogP contribution in [0.3, 0.4) is 0 Å². The van der Waals surface area contributed by atoms with Gasteiger partial charge in [-0.15, -0.1) is 11.3 Å². The molecule has 100 valence electrons. The van der Waals surface area contributed by atoms with Crippen molar-refractivity contribution in [2.45, 2.75) is 26.3 Å². The minimum Gasteiger partial charge on any atom is -0.311 e. The lowest BCUT2D eigenvalue weighted by atomic mass is 10.1. The summed E-state index contributed by atoms with van der Waals surface area (Å²) in [4.78, 5) is 23.0. The summed E-state index contributed by atoms with van der Waals surface area (Å²) in [5.41, 5.74) is 1.90. The Labute approximate surface area is 116 Å². The maximum Gasteiger partial charge on any atom is 0.254 e. The topological polar surface area (TPSA) is 49.0 Å². The molecule has 4 nitrogen and oxygen atoms in total. The fraction of sp³-hybridized carbons (Fsp3) is 0.429. The Kier molecular flexibility index (Phi) is 3.48. The van der Waals surface area contributed by atoms with Gasteiger partial charge in [-0.05, 0) is 24.8 Å². The molecular formula is C14H17N3OS. The van der Waals surface area contributed by atoms with Crippen molar-refractivity contribution >= 4 is 11.3 Å². The maximum atomic E-state index is 11.9. The minimum absolute atomic E-state index is 0.0421. The predicted molar refractivity (Wildman–Crippen MR) is 76.6 cm³/mol. The number of nitrogens with zero attached hydrogens (tertiary/aromatic N) is 2. The molecule has 0 atom stereocenters.